The number of aliphatic hydroxyl groups is 1. The molecule has 0 saturated carbocycles. The van der Waals surface area contributed by atoms with Crippen LogP contribution in [-0.4, -0.2) is 59.4 Å². The summed E-state index contributed by atoms with van der Waals surface area (Å²) in [6, 6.07) is 6.02. The van der Waals surface area contributed by atoms with Gasteiger partial charge in [0.25, 0.3) is 5.69 Å². The first-order valence-electron chi connectivity index (χ1n) is 7.43. The normalized spacial score (nSPS) is 18.0. The summed E-state index contributed by atoms with van der Waals surface area (Å²) in [5, 5.41) is 24.5. The van der Waals surface area contributed by atoms with Crippen LogP contribution in [0.2, 0.25) is 0 Å². The van der Waals surface area contributed by atoms with E-state index in [0.717, 1.165) is 26.2 Å². The predicted molar refractivity (Wildman–Crippen MR) is 83.1 cm³/mol. The van der Waals surface area contributed by atoms with Crippen molar-refractivity contribution in [3.8, 4) is 5.75 Å². The third-order valence-corrected chi connectivity index (χ3v) is 3.85. The van der Waals surface area contributed by atoms with Gasteiger partial charge >= 0.3 is 0 Å². The summed E-state index contributed by atoms with van der Waals surface area (Å²) in [4.78, 5) is 12.5. The number of nitrogens with one attached hydrogen (secondary N) is 1. The molecule has 1 aromatic carbocycles. The topological polar surface area (TPSA) is 87.9 Å². The Labute approximate surface area is 130 Å². The molecule has 1 aromatic rings. The maximum absolute atomic E-state index is 10.8. The number of non-ortho nitro benzene ring substituents is 1. The number of nitro benzene ring substituents is 1. The fourth-order valence-corrected chi connectivity index (χ4v) is 2.39. The van der Waals surface area contributed by atoms with Crippen molar-refractivity contribution in [1.29, 1.82) is 0 Å². The molecule has 0 spiro atoms. The molecule has 0 aromatic heterocycles. The maximum Gasteiger partial charge on any atom is 0.273 e. The summed E-state index contributed by atoms with van der Waals surface area (Å²) in [6.45, 7) is 7.71. The van der Waals surface area contributed by atoms with E-state index in [1.165, 1.54) is 12.1 Å². The highest BCUT2D eigenvalue weighted by molar-refractivity contribution is 5.38. The lowest BCUT2D eigenvalue weighted by atomic mass is 10.0. The molecular formula is C15H23N3O4. The molecule has 1 saturated heterocycles. The third-order valence-electron chi connectivity index (χ3n) is 3.85. The largest absolute Gasteiger partial charge is 0.485 e. The van der Waals surface area contributed by atoms with Gasteiger partial charge < -0.3 is 15.2 Å². The average Bonchev–Trinajstić information content (AvgIpc) is 2.48. The SMILES string of the molecule is CC(C)(Oc1cccc([N+](=O)[O-])c1)C(O)CN1CCNCC1. The molecule has 1 aliphatic heterocycles. The van der Waals surface area contributed by atoms with E-state index >= 15 is 0 Å². The Hall–Kier alpha value is -1.70. The molecule has 1 aliphatic rings. The summed E-state index contributed by atoms with van der Waals surface area (Å²) in [7, 11) is 0. The number of aliphatic hydroxyl groups excluding tert-OH is 1. The fraction of sp³-hybridized carbons (Fsp3) is 0.600. The molecule has 1 fully saturated rings. The fourth-order valence-electron chi connectivity index (χ4n) is 2.39. The van der Waals surface area contributed by atoms with Gasteiger partial charge in [0.1, 0.15) is 17.5 Å². The molecule has 7 nitrogen and oxygen atoms in total. The van der Waals surface area contributed by atoms with E-state index in [2.05, 4.69) is 10.2 Å². The van der Waals surface area contributed by atoms with Crippen LogP contribution in [0.25, 0.3) is 0 Å². The second-order valence-corrected chi connectivity index (χ2v) is 6.03. The number of hydrogen-bond acceptors (Lipinski definition) is 6. The van der Waals surface area contributed by atoms with Crippen molar-refractivity contribution in [2.45, 2.75) is 25.6 Å². The molecule has 2 rings (SSSR count). The summed E-state index contributed by atoms with van der Waals surface area (Å²) < 4.78 is 5.80. The number of β-amino-alcohol motifs (C(OH)–C–C–N with tert-alkyl or cyclic N) is 1. The minimum Gasteiger partial charge on any atom is -0.485 e. The number of benzene rings is 1. The van der Waals surface area contributed by atoms with Gasteiger partial charge in [0.15, 0.2) is 0 Å². The Kier molecular flexibility index (Phi) is 5.33. The van der Waals surface area contributed by atoms with Crippen LogP contribution >= 0.6 is 0 Å². The molecule has 1 heterocycles. The van der Waals surface area contributed by atoms with Crippen molar-refractivity contribution in [2.24, 2.45) is 0 Å². The summed E-state index contributed by atoms with van der Waals surface area (Å²) in [5.41, 5.74) is -0.856. The molecular weight excluding hydrogens is 286 g/mol. The maximum atomic E-state index is 10.8. The van der Waals surface area contributed by atoms with Gasteiger partial charge in [-0.15, -0.1) is 0 Å². The van der Waals surface area contributed by atoms with Crippen LogP contribution in [0.3, 0.4) is 0 Å². The highest BCUT2D eigenvalue weighted by Gasteiger charge is 2.32. The van der Waals surface area contributed by atoms with Crippen molar-refractivity contribution >= 4 is 5.69 Å². The van der Waals surface area contributed by atoms with Gasteiger partial charge in [0, 0.05) is 38.8 Å². The predicted octanol–water partition coefficient (Wildman–Crippen LogP) is 1.02. The molecule has 22 heavy (non-hydrogen) atoms. The van der Waals surface area contributed by atoms with Crippen LogP contribution in [0.15, 0.2) is 24.3 Å². The zero-order valence-corrected chi connectivity index (χ0v) is 13.0. The van der Waals surface area contributed by atoms with Gasteiger partial charge in [0.05, 0.1) is 11.0 Å². The molecule has 0 amide bonds. The first-order valence-corrected chi connectivity index (χ1v) is 7.43. The van der Waals surface area contributed by atoms with Crippen molar-refractivity contribution in [1.82, 2.24) is 10.2 Å². The van der Waals surface area contributed by atoms with Crippen molar-refractivity contribution in [3.63, 3.8) is 0 Å². The quantitative estimate of drug-likeness (QED) is 0.602. The Balaban J connectivity index is 1.99. The Morgan fingerprint density at radius 3 is 2.77 bits per heavy atom. The standard InChI is InChI=1S/C15H23N3O4/c1-15(2,14(19)11-17-8-6-16-7-9-17)22-13-5-3-4-12(10-13)18(20)21/h3-5,10,14,16,19H,6-9,11H2,1-2H3. The van der Waals surface area contributed by atoms with E-state index < -0.39 is 16.6 Å². The van der Waals surface area contributed by atoms with Crippen LogP contribution in [-0.2, 0) is 0 Å². The van der Waals surface area contributed by atoms with Crippen LogP contribution in [0.4, 0.5) is 5.69 Å². The van der Waals surface area contributed by atoms with E-state index in [9.17, 15) is 15.2 Å². The van der Waals surface area contributed by atoms with E-state index in [1.54, 1.807) is 26.0 Å². The Bertz CT molecular complexity index is 515. The van der Waals surface area contributed by atoms with Gasteiger partial charge in [-0.25, -0.2) is 0 Å². The Morgan fingerprint density at radius 1 is 1.45 bits per heavy atom. The van der Waals surface area contributed by atoms with Gasteiger partial charge in [-0.1, -0.05) is 6.07 Å². The second-order valence-electron chi connectivity index (χ2n) is 6.03. The zero-order valence-electron chi connectivity index (χ0n) is 13.0. The van der Waals surface area contributed by atoms with Crippen LogP contribution < -0.4 is 10.1 Å². The molecule has 0 aliphatic carbocycles. The second kappa shape index (κ2) is 7.04. The molecule has 0 radical (unpaired) electrons. The van der Waals surface area contributed by atoms with E-state index in [0.29, 0.717) is 12.3 Å². The van der Waals surface area contributed by atoms with Gasteiger partial charge in [-0.05, 0) is 19.9 Å². The smallest absolute Gasteiger partial charge is 0.273 e. The number of rotatable bonds is 6. The monoisotopic (exact) mass is 309 g/mol. The lowest BCUT2D eigenvalue weighted by molar-refractivity contribution is -0.385. The lowest BCUT2D eigenvalue weighted by Gasteiger charge is -2.36. The highest BCUT2D eigenvalue weighted by Crippen LogP contribution is 2.25. The average molecular weight is 309 g/mol. The number of piperazine rings is 1. The lowest BCUT2D eigenvalue weighted by Crippen LogP contribution is -2.52. The highest BCUT2D eigenvalue weighted by atomic mass is 16.6. The minimum absolute atomic E-state index is 0.0232. The minimum atomic E-state index is -0.833. The number of nitrogens with zero attached hydrogens (tertiary/aromatic N) is 2. The summed E-state index contributed by atoms with van der Waals surface area (Å²) in [5.74, 6) is 0.388. The zero-order chi connectivity index (χ0) is 16.2. The molecule has 122 valence electrons. The molecule has 1 atom stereocenters. The summed E-state index contributed by atoms with van der Waals surface area (Å²) in [6.07, 6.45) is -0.690. The molecule has 2 N–H and O–H groups in total. The molecule has 0 bridgehead atoms. The van der Waals surface area contributed by atoms with Gasteiger partial charge in [0.2, 0.25) is 0 Å². The Morgan fingerprint density at radius 2 is 2.14 bits per heavy atom. The van der Waals surface area contributed by atoms with E-state index in [-0.39, 0.29) is 5.69 Å². The number of nitro groups is 1. The van der Waals surface area contributed by atoms with E-state index in [4.69, 9.17) is 4.74 Å². The number of hydrogen-bond donors (Lipinski definition) is 2. The van der Waals surface area contributed by atoms with Crippen molar-refractivity contribution in [2.75, 3.05) is 32.7 Å². The molecule has 7 heteroatoms. The van der Waals surface area contributed by atoms with Crippen LogP contribution in [0.5, 0.6) is 5.75 Å². The first kappa shape index (κ1) is 16.7. The van der Waals surface area contributed by atoms with Gasteiger partial charge in [-0.3, -0.25) is 15.0 Å². The third kappa shape index (κ3) is 4.40. The van der Waals surface area contributed by atoms with Crippen molar-refractivity contribution < 1.29 is 14.8 Å². The first-order chi connectivity index (χ1) is 10.4. The van der Waals surface area contributed by atoms with Gasteiger partial charge in [-0.2, -0.15) is 0 Å². The molecule has 1 unspecified atom stereocenters. The summed E-state index contributed by atoms with van der Waals surface area (Å²) >= 11 is 0. The number of ether oxygens (including phenoxy) is 1. The van der Waals surface area contributed by atoms with E-state index in [1.807, 2.05) is 0 Å². The van der Waals surface area contributed by atoms with Crippen LogP contribution in [0.1, 0.15) is 13.8 Å². The van der Waals surface area contributed by atoms with Crippen molar-refractivity contribution in [3.05, 3.63) is 34.4 Å². The van der Waals surface area contributed by atoms with Crippen LogP contribution in [0, 0.1) is 10.1 Å².